The normalized spacial score (nSPS) is 14.8. The van der Waals surface area contributed by atoms with E-state index in [1.54, 1.807) is 0 Å². The predicted octanol–water partition coefficient (Wildman–Crippen LogP) is 3.49. The van der Waals surface area contributed by atoms with Gasteiger partial charge in [0.25, 0.3) is 0 Å². The molecule has 0 fully saturated rings. The number of ether oxygens (including phenoxy) is 1. The fourth-order valence-corrected chi connectivity index (χ4v) is 5.51. The molecule has 1 aliphatic heterocycles. The fraction of sp³-hybridized carbons (Fsp3) is 0.227. The van der Waals surface area contributed by atoms with Crippen LogP contribution >= 0.6 is 0 Å². The molecule has 1 N–H and O–H groups in total. The molecule has 4 rings (SSSR count). The molecule has 1 heterocycles. The average molecular weight is 396 g/mol. The maximum Gasteiger partial charge on any atom is 0.302 e. The number of benzene rings is 3. The summed E-state index contributed by atoms with van der Waals surface area (Å²) < 4.78 is 30.0. The van der Waals surface area contributed by atoms with Crippen LogP contribution in [0, 0.1) is 0 Å². The van der Waals surface area contributed by atoms with Crippen LogP contribution in [0.3, 0.4) is 0 Å². The van der Waals surface area contributed by atoms with Crippen LogP contribution in [0.15, 0.2) is 48.5 Å². The van der Waals surface area contributed by atoms with E-state index in [0.29, 0.717) is 0 Å². The first-order valence-electron chi connectivity index (χ1n) is 8.99. The summed E-state index contributed by atoms with van der Waals surface area (Å²) >= 11 is 0. The number of sulfone groups is 1. The highest BCUT2D eigenvalue weighted by Gasteiger charge is 2.30. The average Bonchev–Trinajstić information content (AvgIpc) is 2.97. The highest BCUT2D eigenvalue weighted by molar-refractivity contribution is 7.90. The van der Waals surface area contributed by atoms with Crippen molar-refractivity contribution >= 4 is 26.6 Å². The number of aliphatic hydroxyl groups is 1. The second-order valence-corrected chi connectivity index (χ2v) is 9.09. The Labute approximate surface area is 163 Å². The maximum absolute atomic E-state index is 12.4. The number of rotatable bonds is 4. The van der Waals surface area contributed by atoms with E-state index in [1.165, 1.54) is 6.92 Å². The van der Waals surface area contributed by atoms with Crippen molar-refractivity contribution in [1.29, 1.82) is 0 Å². The monoisotopic (exact) mass is 396 g/mol. The topological polar surface area (TPSA) is 80.7 Å². The third kappa shape index (κ3) is 3.30. The van der Waals surface area contributed by atoms with Crippen LogP contribution in [0.5, 0.6) is 0 Å². The lowest BCUT2D eigenvalue weighted by molar-refractivity contribution is -0.142. The van der Waals surface area contributed by atoms with E-state index in [9.17, 15) is 18.3 Å². The predicted molar refractivity (Wildman–Crippen MR) is 107 cm³/mol. The zero-order chi connectivity index (χ0) is 19.9. The summed E-state index contributed by atoms with van der Waals surface area (Å²) in [6.07, 6.45) is 0. The van der Waals surface area contributed by atoms with Gasteiger partial charge in [-0.1, -0.05) is 42.5 Å². The summed E-state index contributed by atoms with van der Waals surface area (Å²) in [6, 6.07) is 15.1. The molecular formula is C22H20O5S. The number of esters is 1. The van der Waals surface area contributed by atoms with Crippen LogP contribution in [0.4, 0.5) is 0 Å². The number of fused-ring (bicyclic) bond motifs is 2. The van der Waals surface area contributed by atoms with Gasteiger partial charge in [-0.2, -0.15) is 0 Å². The zero-order valence-electron chi connectivity index (χ0n) is 15.4. The molecule has 0 spiro atoms. The fourth-order valence-electron chi connectivity index (χ4n) is 3.90. The maximum atomic E-state index is 12.4. The van der Waals surface area contributed by atoms with E-state index in [4.69, 9.17) is 4.74 Å². The van der Waals surface area contributed by atoms with Crippen LogP contribution in [-0.2, 0) is 44.1 Å². The van der Waals surface area contributed by atoms with Gasteiger partial charge in [0.05, 0.1) is 18.1 Å². The van der Waals surface area contributed by atoms with E-state index in [-0.39, 0.29) is 30.7 Å². The summed E-state index contributed by atoms with van der Waals surface area (Å²) in [7, 11) is -3.22. The van der Waals surface area contributed by atoms with Gasteiger partial charge >= 0.3 is 5.97 Å². The van der Waals surface area contributed by atoms with Crippen molar-refractivity contribution in [2.75, 3.05) is 0 Å². The van der Waals surface area contributed by atoms with Crippen molar-refractivity contribution in [3.05, 3.63) is 70.8 Å². The van der Waals surface area contributed by atoms with E-state index >= 15 is 0 Å². The largest absolute Gasteiger partial charge is 0.461 e. The van der Waals surface area contributed by atoms with Gasteiger partial charge in [-0.25, -0.2) is 8.42 Å². The van der Waals surface area contributed by atoms with Crippen LogP contribution in [0.25, 0.3) is 21.9 Å². The molecule has 0 saturated carbocycles. The zero-order valence-corrected chi connectivity index (χ0v) is 16.3. The van der Waals surface area contributed by atoms with Gasteiger partial charge in [0.1, 0.15) is 6.61 Å². The molecule has 144 valence electrons. The lowest BCUT2D eigenvalue weighted by atomic mass is 9.87. The Morgan fingerprint density at radius 1 is 1.04 bits per heavy atom. The minimum absolute atomic E-state index is 0.00549. The summed E-state index contributed by atoms with van der Waals surface area (Å²) in [6.45, 7) is 1.35. The van der Waals surface area contributed by atoms with Crippen molar-refractivity contribution < 1.29 is 23.1 Å². The standard InChI is InChI=1S/C22H20O5S/c1-14(24)27-11-16-6-4-8-19-20(16)9-17-12-28(25,26)13-21(17)22(19)18-7-3-2-5-15(18)10-23/h2-9,23H,10-13H2,1H3. The molecule has 5 nitrogen and oxygen atoms in total. The van der Waals surface area contributed by atoms with Crippen molar-refractivity contribution in [1.82, 2.24) is 0 Å². The quantitative estimate of drug-likeness (QED) is 0.683. The molecule has 0 atom stereocenters. The Balaban J connectivity index is 2.05. The van der Waals surface area contributed by atoms with Gasteiger partial charge in [-0.05, 0) is 50.2 Å². The Hall–Kier alpha value is -2.70. The van der Waals surface area contributed by atoms with Crippen molar-refractivity contribution in [2.45, 2.75) is 31.6 Å². The molecule has 0 bridgehead atoms. The lowest BCUT2D eigenvalue weighted by Crippen LogP contribution is -2.01. The first-order valence-corrected chi connectivity index (χ1v) is 10.8. The second-order valence-electron chi connectivity index (χ2n) is 7.03. The van der Waals surface area contributed by atoms with Gasteiger partial charge in [-0.3, -0.25) is 4.79 Å². The molecule has 0 saturated heterocycles. The van der Waals surface area contributed by atoms with E-state index in [1.807, 2.05) is 48.5 Å². The number of carbonyl (C=O) groups is 1. The van der Waals surface area contributed by atoms with Crippen molar-refractivity contribution in [3.8, 4) is 11.1 Å². The van der Waals surface area contributed by atoms with Crippen molar-refractivity contribution in [3.63, 3.8) is 0 Å². The Morgan fingerprint density at radius 2 is 1.79 bits per heavy atom. The second kappa shape index (κ2) is 7.04. The van der Waals surface area contributed by atoms with Gasteiger partial charge in [0, 0.05) is 6.92 Å². The summed E-state index contributed by atoms with van der Waals surface area (Å²) in [4.78, 5) is 11.3. The molecule has 28 heavy (non-hydrogen) atoms. The first-order chi connectivity index (χ1) is 13.4. The van der Waals surface area contributed by atoms with Gasteiger partial charge in [-0.15, -0.1) is 0 Å². The highest BCUT2D eigenvalue weighted by atomic mass is 32.2. The highest BCUT2D eigenvalue weighted by Crippen LogP contribution is 2.42. The van der Waals surface area contributed by atoms with Crippen LogP contribution in [0.1, 0.15) is 29.2 Å². The number of hydrogen-bond donors (Lipinski definition) is 1. The summed E-state index contributed by atoms with van der Waals surface area (Å²) in [5.74, 6) is -0.387. The van der Waals surface area contributed by atoms with Gasteiger partial charge < -0.3 is 9.84 Å². The van der Waals surface area contributed by atoms with Crippen LogP contribution < -0.4 is 0 Å². The molecule has 3 aromatic rings. The van der Waals surface area contributed by atoms with Crippen LogP contribution in [-0.4, -0.2) is 19.5 Å². The SMILES string of the molecule is CC(=O)OCc1cccc2c(-c3ccccc3CO)c3c(cc12)CS(=O)(=O)C3. The number of hydrogen-bond acceptors (Lipinski definition) is 5. The molecule has 6 heteroatoms. The minimum atomic E-state index is -3.22. The molecule has 0 unspecified atom stereocenters. The molecule has 0 aromatic heterocycles. The molecule has 3 aromatic carbocycles. The summed E-state index contributed by atoms with van der Waals surface area (Å²) in [5.41, 5.74) is 4.79. The van der Waals surface area contributed by atoms with Gasteiger partial charge in [0.2, 0.25) is 0 Å². The lowest BCUT2D eigenvalue weighted by Gasteiger charge is -2.17. The Morgan fingerprint density at radius 3 is 2.54 bits per heavy atom. The van der Waals surface area contributed by atoms with E-state index < -0.39 is 9.84 Å². The van der Waals surface area contributed by atoms with Crippen molar-refractivity contribution in [2.24, 2.45) is 0 Å². The van der Waals surface area contributed by atoms with Crippen LogP contribution in [0.2, 0.25) is 0 Å². The molecule has 0 radical (unpaired) electrons. The van der Waals surface area contributed by atoms with Gasteiger partial charge in [0.15, 0.2) is 9.84 Å². The number of aliphatic hydroxyl groups excluding tert-OH is 1. The summed E-state index contributed by atoms with van der Waals surface area (Å²) in [5, 5.41) is 11.6. The first kappa shape index (κ1) is 18.7. The third-order valence-electron chi connectivity index (χ3n) is 5.10. The molecular weight excluding hydrogens is 376 g/mol. The van der Waals surface area contributed by atoms with E-state index in [0.717, 1.165) is 44.2 Å². The smallest absolute Gasteiger partial charge is 0.302 e. The third-order valence-corrected chi connectivity index (χ3v) is 6.58. The van der Waals surface area contributed by atoms with E-state index in [2.05, 4.69) is 0 Å². The molecule has 1 aliphatic rings. The molecule has 0 aliphatic carbocycles. The Bertz CT molecular complexity index is 1200. The Kier molecular flexibility index (Phi) is 4.69. The molecule has 0 amide bonds. The number of carbonyl (C=O) groups excluding carboxylic acids is 1. The minimum Gasteiger partial charge on any atom is -0.461 e.